The molecule has 0 saturated carbocycles. The summed E-state index contributed by atoms with van der Waals surface area (Å²) in [4.78, 5) is 37.8. The van der Waals surface area contributed by atoms with Crippen molar-refractivity contribution >= 4 is 17.5 Å². The number of halogens is 3. The first-order valence-electron chi connectivity index (χ1n) is 13.5. The SMILES string of the molecule is Cc1cc(Oc2nccn3c(-c4conc4C(F)(F)F)cnc23)ccc1C(=O)N1CCN(C(=O)[C@@H]2C[C@](C)(O)CO2)CC1. The molecule has 2 fully saturated rings. The van der Waals surface area contributed by atoms with Gasteiger partial charge in [0.05, 0.1) is 29.7 Å². The van der Waals surface area contributed by atoms with Gasteiger partial charge in [-0.05, 0) is 37.6 Å². The third-order valence-electron chi connectivity index (χ3n) is 7.53. The van der Waals surface area contributed by atoms with Crippen molar-refractivity contribution in [2.24, 2.45) is 0 Å². The summed E-state index contributed by atoms with van der Waals surface area (Å²) in [5, 5.41) is 13.2. The van der Waals surface area contributed by atoms with Crippen molar-refractivity contribution in [2.45, 2.75) is 38.1 Å². The predicted octanol–water partition coefficient (Wildman–Crippen LogP) is 3.33. The zero-order chi connectivity index (χ0) is 30.5. The minimum Gasteiger partial charge on any atom is -0.436 e. The molecular weight excluding hydrogens is 573 g/mol. The van der Waals surface area contributed by atoms with Crippen LogP contribution in [0.5, 0.6) is 11.6 Å². The third kappa shape index (κ3) is 5.52. The van der Waals surface area contributed by atoms with Gasteiger partial charge in [0.15, 0.2) is 5.69 Å². The lowest BCUT2D eigenvalue weighted by Crippen LogP contribution is -2.53. The molecule has 0 radical (unpaired) electrons. The van der Waals surface area contributed by atoms with E-state index in [1.54, 1.807) is 41.8 Å². The molecular formula is C28H27F3N6O6. The number of imidazole rings is 1. The fraction of sp³-hybridized carbons (Fsp3) is 0.393. The van der Waals surface area contributed by atoms with E-state index in [-0.39, 0.29) is 47.6 Å². The van der Waals surface area contributed by atoms with Crippen molar-refractivity contribution in [1.82, 2.24) is 29.3 Å². The molecule has 2 amide bonds. The van der Waals surface area contributed by atoms with Crippen molar-refractivity contribution in [1.29, 1.82) is 0 Å². The molecule has 2 saturated heterocycles. The standard InChI is InChI=1S/C28H27F3N6O6/c1-16-11-17(43-24-23-33-13-20(37(23)6-5-32-24)19-14-42-34-22(19)28(29,30)31)3-4-18(16)25(38)35-7-9-36(10-8-35)26(39)21-12-27(2,40)15-41-21/h3-6,11,13-14,21,40H,7-10,12,15H2,1-2H3/t21-,27-/m0/s1. The molecule has 6 rings (SSSR count). The van der Waals surface area contributed by atoms with Gasteiger partial charge >= 0.3 is 6.18 Å². The Balaban J connectivity index is 1.14. The summed E-state index contributed by atoms with van der Waals surface area (Å²) >= 11 is 0. The van der Waals surface area contributed by atoms with Gasteiger partial charge in [-0.1, -0.05) is 5.16 Å². The van der Waals surface area contributed by atoms with E-state index in [1.165, 1.54) is 23.0 Å². The Labute approximate surface area is 242 Å². The van der Waals surface area contributed by atoms with E-state index in [1.807, 2.05) is 0 Å². The van der Waals surface area contributed by atoms with Gasteiger partial charge in [-0.3, -0.25) is 14.0 Å². The maximum absolute atomic E-state index is 13.4. The normalized spacial score (nSPS) is 21.0. The second-order valence-electron chi connectivity index (χ2n) is 10.8. The van der Waals surface area contributed by atoms with E-state index in [2.05, 4.69) is 19.6 Å². The van der Waals surface area contributed by atoms with E-state index in [9.17, 15) is 27.9 Å². The molecule has 1 aromatic carbocycles. The van der Waals surface area contributed by atoms with Gasteiger partial charge in [-0.2, -0.15) is 13.2 Å². The highest BCUT2D eigenvalue weighted by molar-refractivity contribution is 5.96. The zero-order valence-electron chi connectivity index (χ0n) is 23.2. The maximum atomic E-state index is 13.4. The zero-order valence-corrected chi connectivity index (χ0v) is 23.2. The second-order valence-corrected chi connectivity index (χ2v) is 10.8. The van der Waals surface area contributed by atoms with Gasteiger partial charge in [-0.25, -0.2) is 9.97 Å². The second kappa shape index (κ2) is 10.6. The third-order valence-corrected chi connectivity index (χ3v) is 7.53. The van der Waals surface area contributed by atoms with Crippen LogP contribution in [-0.4, -0.2) is 90.7 Å². The van der Waals surface area contributed by atoms with Crippen molar-refractivity contribution in [3.63, 3.8) is 0 Å². The van der Waals surface area contributed by atoms with Crippen molar-refractivity contribution in [3.05, 3.63) is 59.9 Å². The van der Waals surface area contributed by atoms with Crippen LogP contribution >= 0.6 is 0 Å². The smallest absolute Gasteiger partial charge is 0.436 e. The first-order valence-corrected chi connectivity index (χ1v) is 13.5. The lowest BCUT2D eigenvalue weighted by atomic mass is 10.0. The van der Waals surface area contributed by atoms with Gasteiger partial charge in [0.25, 0.3) is 17.7 Å². The van der Waals surface area contributed by atoms with Gasteiger partial charge in [-0.15, -0.1) is 0 Å². The number of nitrogens with zero attached hydrogens (tertiary/aromatic N) is 6. The summed E-state index contributed by atoms with van der Waals surface area (Å²) in [6.45, 7) is 4.92. The number of carbonyl (C=O) groups excluding carboxylic acids is 2. The Hall–Kier alpha value is -4.50. The minimum absolute atomic E-state index is 0.0470. The number of carbonyl (C=O) groups is 2. The molecule has 4 aromatic rings. The Morgan fingerprint density at radius 3 is 2.56 bits per heavy atom. The molecule has 15 heteroatoms. The molecule has 1 N–H and O–H groups in total. The van der Waals surface area contributed by atoms with Gasteiger partial charge < -0.3 is 28.9 Å². The number of aliphatic hydroxyl groups is 1. The monoisotopic (exact) mass is 600 g/mol. The summed E-state index contributed by atoms with van der Waals surface area (Å²) in [7, 11) is 0. The summed E-state index contributed by atoms with van der Waals surface area (Å²) < 4.78 is 57.5. The number of rotatable bonds is 5. The average Bonchev–Trinajstić information content (AvgIpc) is 3.70. The van der Waals surface area contributed by atoms with E-state index in [0.29, 0.717) is 43.1 Å². The van der Waals surface area contributed by atoms with Crippen molar-refractivity contribution in [2.75, 3.05) is 32.8 Å². The highest BCUT2D eigenvalue weighted by atomic mass is 19.4. The lowest BCUT2D eigenvalue weighted by molar-refractivity contribution is -0.143. The number of ether oxygens (including phenoxy) is 2. The Bertz CT molecular complexity index is 1690. The number of alkyl halides is 3. The van der Waals surface area contributed by atoms with Crippen LogP contribution in [0, 0.1) is 6.92 Å². The van der Waals surface area contributed by atoms with Gasteiger partial charge in [0.2, 0.25) is 5.65 Å². The molecule has 226 valence electrons. The highest BCUT2D eigenvalue weighted by Gasteiger charge is 2.41. The minimum atomic E-state index is -4.71. The molecule has 2 aliphatic heterocycles. The molecule has 0 spiro atoms. The summed E-state index contributed by atoms with van der Waals surface area (Å²) in [6.07, 6.45) is -0.191. The number of hydrogen-bond donors (Lipinski definition) is 1. The van der Waals surface area contributed by atoms with Crippen LogP contribution in [0.1, 0.15) is 35.0 Å². The molecule has 12 nitrogen and oxygen atoms in total. The quantitative estimate of drug-likeness (QED) is 0.366. The predicted molar refractivity (Wildman–Crippen MR) is 142 cm³/mol. The van der Waals surface area contributed by atoms with Crippen LogP contribution in [-0.2, 0) is 15.7 Å². The van der Waals surface area contributed by atoms with Gasteiger partial charge in [0.1, 0.15) is 18.1 Å². The number of aryl methyl sites for hydroxylation is 1. The van der Waals surface area contributed by atoms with Crippen LogP contribution in [0.2, 0.25) is 0 Å². The molecule has 2 aliphatic rings. The van der Waals surface area contributed by atoms with Crippen LogP contribution in [0.4, 0.5) is 13.2 Å². The number of benzene rings is 1. The topological polar surface area (TPSA) is 136 Å². The molecule has 5 heterocycles. The van der Waals surface area contributed by atoms with Crippen LogP contribution in [0.25, 0.3) is 16.9 Å². The van der Waals surface area contributed by atoms with Crippen molar-refractivity contribution in [3.8, 4) is 22.9 Å². The molecule has 2 atom stereocenters. The Morgan fingerprint density at radius 1 is 1.14 bits per heavy atom. The lowest BCUT2D eigenvalue weighted by Gasteiger charge is -2.36. The maximum Gasteiger partial charge on any atom is 0.437 e. The fourth-order valence-electron chi connectivity index (χ4n) is 5.30. The first-order chi connectivity index (χ1) is 20.4. The van der Waals surface area contributed by atoms with Crippen molar-refractivity contribution < 1.29 is 41.9 Å². The molecule has 0 bridgehead atoms. The molecule has 43 heavy (non-hydrogen) atoms. The number of aromatic nitrogens is 4. The largest absolute Gasteiger partial charge is 0.437 e. The van der Waals surface area contributed by atoms with Crippen LogP contribution < -0.4 is 4.74 Å². The Kier molecular flexibility index (Phi) is 7.08. The first kappa shape index (κ1) is 28.6. The highest BCUT2D eigenvalue weighted by Crippen LogP contribution is 2.37. The molecule has 0 unspecified atom stereocenters. The number of amides is 2. The van der Waals surface area contributed by atoms with E-state index < -0.39 is 23.6 Å². The summed E-state index contributed by atoms with van der Waals surface area (Å²) in [5.41, 5.74) is -1.10. The average molecular weight is 601 g/mol. The van der Waals surface area contributed by atoms with Crippen LogP contribution in [0.15, 0.2) is 47.6 Å². The van der Waals surface area contributed by atoms with E-state index >= 15 is 0 Å². The summed E-state index contributed by atoms with van der Waals surface area (Å²) in [6, 6.07) is 4.89. The van der Waals surface area contributed by atoms with Gasteiger partial charge in [0, 0.05) is 50.6 Å². The number of fused-ring (bicyclic) bond motifs is 1. The van der Waals surface area contributed by atoms with E-state index in [0.717, 1.165) is 6.26 Å². The van der Waals surface area contributed by atoms with Crippen LogP contribution in [0.3, 0.4) is 0 Å². The Morgan fingerprint density at radius 2 is 1.88 bits per heavy atom. The molecule has 3 aromatic heterocycles. The van der Waals surface area contributed by atoms with E-state index in [4.69, 9.17) is 9.47 Å². The summed E-state index contributed by atoms with van der Waals surface area (Å²) in [5.74, 6) is 0.0234. The molecule has 0 aliphatic carbocycles. The number of hydrogen-bond acceptors (Lipinski definition) is 9. The number of piperazine rings is 1. The fourth-order valence-corrected chi connectivity index (χ4v) is 5.30.